The van der Waals surface area contributed by atoms with Crippen molar-refractivity contribution in [2.45, 2.75) is 30.6 Å². The quantitative estimate of drug-likeness (QED) is 0.782. The molecular formula is C17H25FN2OS. The van der Waals surface area contributed by atoms with E-state index in [1.165, 1.54) is 18.6 Å². The molecule has 1 aliphatic rings. The summed E-state index contributed by atoms with van der Waals surface area (Å²) < 4.78 is 12.8. The number of hydrogen-bond donors (Lipinski definition) is 1. The molecule has 5 heteroatoms. The fourth-order valence-corrected chi connectivity index (χ4v) is 3.61. The van der Waals surface area contributed by atoms with Crippen LogP contribution in [0.1, 0.15) is 25.7 Å². The van der Waals surface area contributed by atoms with Gasteiger partial charge in [-0.3, -0.25) is 4.79 Å². The molecule has 0 saturated carbocycles. The maximum Gasteiger partial charge on any atom is 0.223 e. The van der Waals surface area contributed by atoms with Crippen molar-refractivity contribution in [2.24, 2.45) is 5.92 Å². The minimum Gasteiger partial charge on any atom is -0.343 e. The van der Waals surface area contributed by atoms with Crippen molar-refractivity contribution in [3.63, 3.8) is 0 Å². The van der Waals surface area contributed by atoms with Gasteiger partial charge >= 0.3 is 0 Å². The van der Waals surface area contributed by atoms with Gasteiger partial charge in [0.25, 0.3) is 0 Å². The average Bonchev–Trinajstić information content (AvgIpc) is 2.55. The highest BCUT2D eigenvalue weighted by Gasteiger charge is 2.21. The molecule has 1 saturated heterocycles. The number of nitrogens with one attached hydrogen (secondary N) is 1. The number of carbonyl (C=O) groups is 1. The van der Waals surface area contributed by atoms with Crippen LogP contribution in [0.25, 0.3) is 0 Å². The van der Waals surface area contributed by atoms with E-state index in [2.05, 4.69) is 5.32 Å². The second-order valence-electron chi connectivity index (χ2n) is 5.77. The van der Waals surface area contributed by atoms with Crippen molar-refractivity contribution < 1.29 is 9.18 Å². The molecule has 1 heterocycles. The van der Waals surface area contributed by atoms with Crippen LogP contribution < -0.4 is 5.32 Å². The molecule has 0 radical (unpaired) electrons. The van der Waals surface area contributed by atoms with Gasteiger partial charge in [-0.05, 0) is 63.0 Å². The molecule has 0 aromatic heterocycles. The molecule has 3 nitrogen and oxygen atoms in total. The molecule has 0 aliphatic carbocycles. The summed E-state index contributed by atoms with van der Waals surface area (Å²) in [5.74, 6) is 1.54. The lowest BCUT2D eigenvalue weighted by Gasteiger charge is -2.32. The van der Waals surface area contributed by atoms with E-state index in [0.717, 1.165) is 49.0 Å². The minimum absolute atomic E-state index is 0.221. The fraction of sp³-hybridized carbons (Fsp3) is 0.588. The maximum absolute atomic E-state index is 12.8. The molecule has 1 amide bonds. The molecule has 1 aromatic rings. The van der Waals surface area contributed by atoms with Crippen LogP contribution in [0.3, 0.4) is 0 Å². The Morgan fingerprint density at radius 2 is 2.00 bits per heavy atom. The number of halogens is 1. The molecule has 0 unspecified atom stereocenters. The van der Waals surface area contributed by atoms with E-state index >= 15 is 0 Å². The van der Waals surface area contributed by atoms with Gasteiger partial charge in [0.05, 0.1) is 0 Å². The van der Waals surface area contributed by atoms with E-state index in [0.29, 0.717) is 6.42 Å². The monoisotopic (exact) mass is 324 g/mol. The number of nitrogens with zero attached hydrogens (tertiary/aromatic N) is 1. The lowest BCUT2D eigenvalue weighted by atomic mass is 9.93. The predicted octanol–water partition coefficient (Wildman–Crippen LogP) is 3.16. The zero-order valence-electron chi connectivity index (χ0n) is 13.2. The van der Waals surface area contributed by atoms with Crippen molar-refractivity contribution in [1.29, 1.82) is 0 Å². The third-order valence-corrected chi connectivity index (χ3v) is 5.18. The van der Waals surface area contributed by atoms with E-state index in [1.54, 1.807) is 23.9 Å². The first kappa shape index (κ1) is 17.3. The molecule has 0 atom stereocenters. The lowest BCUT2D eigenvalue weighted by Crippen LogP contribution is -2.39. The second kappa shape index (κ2) is 9.16. The first-order valence-corrected chi connectivity index (χ1v) is 8.98. The Bertz CT molecular complexity index is 458. The predicted molar refractivity (Wildman–Crippen MR) is 89.6 cm³/mol. The normalized spacial score (nSPS) is 16.0. The average molecular weight is 324 g/mol. The molecular weight excluding hydrogens is 299 g/mol. The number of hydrogen-bond acceptors (Lipinski definition) is 3. The highest BCUT2D eigenvalue weighted by atomic mass is 32.2. The number of benzene rings is 1. The van der Waals surface area contributed by atoms with E-state index in [-0.39, 0.29) is 11.7 Å². The standard InChI is InChI=1S/C17H25FN2OS/c1-19-10-6-14-7-11-20(12-8-14)17(21)9-13-22-16-4-2-15(18)3-5-16/h2-5,14,19H,6-13H2,1H3. The lowest BCUT2D eigenvalue weighted by molar-refractivity contribution is -0.132. The van der Waals surface area contributed by atoms with Crippen LogP contribution >= 0.6 is 11.8 Å². The van der Waals surface area contributed by atoms with Gasteiger partial charge in [-0.2, -0.15) is 0 Å². The number of carbonyl (C=O) groups excluding carboxylic acids is 1. The number of rotatable bonds is 7. The van der Waals surface area contributed by atoms with Crippen LogP contribution in [-0.2, 0) is 4.79 Å². The van der Waals surface area contributed by atoms with E-state index in [9.17, 15) is 9.18 Å². The van der Waals surface area contributed by atoms with Crippen molar-refractivity contribution in [1.82, 2.24) is 10.2 Å². The molecule has 22 heavy (non-hydrogen) atoms. The summed E-state index contributed by atoms with van der Waals surface area (Å²) in [6.45, 7) is 2.86. The van der Waals surface area contributed by atoms with Gasteiger partial charge in [0, 0.05) is 30.2 Å². The molecule has 0 bridgehead atoms. The Balaban J connectivity index is 1.64. The van der Waals surface area contributed by atoms with Gasteiger partial charge in [-0.15, -0.1) is 11.8 Å². The summed E-state index contributed by atoms with van der Waals surface area (Å²) in [7, 11) is 1.98. The number of amides is 1. The van der Waals surface area contributed by atoms with E-state index < -0.39 is 0 Å². The fourth-order valence-electron chi connectivity index (χ4n) is 2.76. The first-order valence-electron chi connectivity index (χ1n) is 8.00. The smallest absolute Gasteiger partial charge is 0.223 e. The molecule has 122 valence electrons. The van der Waals surface area contributed by atoms with Crippen LogP contribution in [0.15, 0.2) is 29.2 Å². The highest BCUT2D eigenvalue weighted by molar-refractivity contribution is 7.99. The first-order chi connectivity index (χ1) is 10.7. The summed E-state index contributed by atoms with van der Waals surface area (Å²) in [5, 5.41) is 3.19. The van der Waals surface area contributed by atoms with Gasteiger partial charge in [-0.25, -0.2) is 4.39 Å². The van der Waals surface area contributed by atoms with E-state index in [1.807, 2.05) is 11.9 Å². The second-order valence-corrected chi connectivity index (χ2v) is 6.94. The molecule has 1 aliphatic heterocycles. The Morgan fingerprint density at radius 3 is 2.64 bits per heavy atom. The summed E-state index contributed by atoms with van der Waals surface area (Å²) in [5.41, 5.74) is 0. The van der Waals surface area contributed by atoms with Crippen molar-refractivity contribution >= 4 is 17.7 Å². The Morgan fingerprint density at radius 1 is 1.32 bits per heavy atom. The minimum atomic E-state index is -0.221. The zero-order chi connectivity index (χ0) is 15.8. The van der Waals surface area contributed by atoms with Gasteiger partial charge in [0.1, 0.15) is 5.82 Å². The molecule has 1 fully saturated rings. The van der Waals surface area contributed by atoms with Gasteiger partial charge in [0.2, 0.25) is 5.91 Å². The number of thioether (sulfide) groups is 1. The third kappa shape index (κ3) is 5.61. The Hall–Kier alpha value is -1.07. The summed E-state index contributed by atoms with van der Waals surface area (Å²) in [4.78, 5) is 15.2. The number of piperidine rings is 1. The summed E-state index contributed by atoms with van der Waals surface area (Å²) in [6.07, 6.45) is 4.01. The van der Waals surface area contributed by atoms with Gasteiger partial charge < -0.3 is 10.2 Å². The van der Waals surface area contributed by atoms with Crippen molar-refractivity contribution in [3.05, 3.63) is 30.1 Å². The van der Waals surface area contributed by atoms with Crippen LogP contribution in [0.2, 0.25) is 0 Å². The Labute approximate surface area is 136 Å². The largest absolute Gasteiger partial charge is 0.343 e. The molecule has 1 N–H and O–H groups in total. The highest BCUT2D eigenvalue weighted by Crippen LogP contribution is 2.22. The van der Waals surface area contributed by atoms with Crippen LogP contribution in [0.5, 0.6) is 0 Å². The van der Waals surface area contributed by atoms with Crippen LogP contribution in [0.4, 0.5) is 4.39 Å². The third-order valence-electron chi connectivity index (χ3n) is 4.17. The Kier molecular flexibility index (Phi) is 7.19. The topological polar surface area (TPSA) is 32.3 Å². The van der Waals surface area contributed by atoms with Gasteiger partial charge in [-0.1, -0.05) is 0 Å². The van der Waals surface area contributed by atoms with Crippen LogP contribution in [-0.4, -0.2) is 43.2 Å². The zero-order valence-corrected chi connectivity index (χ0v) is 14.0. The molecule has 0 spiro atoms. The molecule has 1 aromatic carbocycles. The summed E-state index contributed by atoms with van der Waals surface area (Å²) in [6, 6.07) is 6.44. The van der Waals surface area contributed by atoms with Crippen molar-refractivity contribution in [2.75, 3.05) is 32.4 Å². The van der Waals surface area contributed by atoms with Crippen molar-refractivity contribution in [3.8, 4) is 0 Å². The SMILES string of the molecule is CNCCC1CCN(C(=O)CCSc2ccc(F)cc2)CC1. The number of likely N-dealkylation sites (tertiary alicyclic amines) is 1. The van der Waals surface area contributed by atoms with Crippen LogP contribution in [0, 0.1) is 11.7 Å². The van der Waals surface area contributed by atoms with Gasteiger partial charge in [0.15, 0.2) is 0 Å². The summed E-state index contributed by atoms with van der Waals surface area (Å²) >= 11 is 1.61. The molecule has 2 rings (SSSR count). The van der Waals surface area contributed by atoms with E-state index in [4.69, 9.17) is 0 Å². The maximum atomic E-state index is 12.8.